The fourth-order valence-corrected chi connectivity index (χ4v) is 2.13. The molecule has 2 N–H and O–H groups in total. The Hall–Kier alpha value is -0.290. The first kappa shape index (κ1) is 13.8. The molecule has 1 aliphatic rings. The van der Waals surface area contributed by atoms with Crippen LogP contribution >= 0.6 is 0 Å². The van der Waals surface area contributed by atoms with Crippen molar-refractivity contribution in [1.29, 1.82) is 0 Å². The van der Waals surface area contributed by atoms with Gasteiger partial charge in [-0.2, -0.15) is 13.2 Å². The molecular formula is C11H20F3NO. The molecule has 96 valence electrons. The van der Waals surface area contributed by atoms with E-state index >= 15 is 0 Å². The molecule has 1 saturated carbocycles. The molecule has 0 aromatic carbocycles. The van der Waals surface area contributed by atoms with E-state index in [1.54, 1.807) is 0 Å². The molecule has 5 heteroatoms. The Labute approximate surface area is 94.2 Å². The van der Waals surface area contributed by atoms with Crippen LogP contribution < -0.4 is 5.32 Å². The van der Waals surface area contributed by atoms with Gasteiger partial charge in [-0.15, -0.1) is 0 Å². The fourth-order valence-electron chi connectivity index (χ4n) is 2.13. The number of aliphatic hydroxyl groups is 1. The SMILES string of the molecule is CC1CCC(NCC(O)C(F)(F)F)CC1C. The van der Waals surface area contributed by atoms with Crippen molar-refractivity contribution < 1.29 is 18.3 Å². The topological polar surface area (TPSA) is 32.3 Å². The summed E-state index contributed by atoms with van der Waals surface area (Å²) in [5, 5.41) is 11.7. The second-order valence-electron chi connectivity index (χ2n) is 4.93. The maximum Gasteiger partial charge on any atom is 0.415 e. The average molecular weight is 239 g/mol. The van der Waals surface area contributed by atoms with Crippen molar-refractivity contribution in [3.05, 3.63) is 0 Å². The van der Waals surface area contributed by atoms with E-state index in [1.165, 1.54) is 0 Å². The van der Waals surface area contributed by atoms with Crippen molar-refractivity contribution in [2.24, 2.45) is 11.8 Å². The normalized spacial score (nSPS) is 33.8. The van der Waals surface area contributed by atoms with Crippen molar-refractivity contribution in [1.82, 2.24) is 5.32 Å². The van der Waals surface area contributed by atoms with Gasteiger partial charge in [0.05, 0.1) is 0 Å². The third kappa shape index (κ3) is 3.94. The fraction of sp³-hybridized carbons (Fsp3) is 1.00. The van der Waals surface area contributed by atoms with Crippen molar-refractivity contribution in [2.45, 2.75) is 51.4 Å². The van der Waals surface area contributed by atoms with E-state index in [-0.39, 0.29) is 6.04 Å². The largest absolute Gasteiger partial charge is 0.415 e. The first-order valence-corrected chi connectivity index (χ1v) is 5.79. The zero-order valence-electron chi connectivity index (χ0n) is 9.72. The second-order valence-corrected chi connectivity index (χ2v) is 4.93. The Bertz CT molecular complexity index is 220. The zero-order chi connectivity index (χ0) is 12.3. The van der Waals surface area contributed by atoms with Crippen LogP contribution in [0.15, 0.2) is 0 Å². The van der Waals surface area contributed by atoms with Crippen LogP contribution in [-0.4, -0.2) is 30.0 Å². The highest BCUT2D eigenvalue weighted by Crippen LogP contribution is 2.29. The average Bonchev–Trinajstić information content (AvgIpc) is 2.18. The standard InChI is InChI=1S/C11H20F3NO/c1-7-3-4-9(5-8(7)2)15-6-10(16)11(12,13)14/h7-10,15-16H,3-6H2,1-2H3. The molecule has 4 unspecified atom stereocenters. The summed E-state index contributed by atoms with van der Waals surface area (Å²) in [6.07, 6.45) is -3.93. The molecule has 0 aromatic rings. The van der Waals surface area contributed by atoms with E-state index in [0.717, 1.165) is 19.3 Å². The third-order valence-corrected chi connectivity index (χ3v) is 3.58. The van der Waals surface area contributed by atoms with Crippen LogP contribution in [0, 0.1) is 11.8 Å². The minimum Gasteiger partial charge on any atom is -0.382 e. The molecule has 1 rings (SSSR count). The summed E-state index contributed by atoms with van der Waals surface area (Å²) in [6, 6.07) is 0.114. The minimum absolute atomic E-state index is 0.114. The van der Waals surface area contributed by atoms with E-state index < -0.39 is 18.8 Å². The molecule has 0 aromatic heterocycles. The Morgan fingerprint density at radius 2 is 1.88 bits per heavy atom. The summed E-state index contributed by atoms with van der Waals surface area (Å²) in [7, 11) is 0. The van der Waals surface area contributed by atoms with E-state index in [2.05, 4.69) is 19.2 Å². The van der Waals surface area contributed by atoms with Gasteiger partial charge in [0, 0.05) is 12.6 Å². The molecule has 2 nitrogen and oxygen atoms in total. The number of aliphatic hydroxyl groups excluding tert-OH is 1. The van der Waals surface area contributed by atoms with Gasteiger partial charge >= 0.3 is 6.18 Å². The lowest BCUT2D eigenvalue weighted by Crippen LogP contribution is -2.44. The predicted molar refractivity (Wildman–Crippen MR) is 56.0 cm³/mol. The molecule has 0 radical (unpaired) electrons. The lowest BCUT2D eigenvalue weighted by atomic mass is 9.79. The van der Waals surface area contributed by atoms with Gasteiger partial charge in [-0.05, 0) is 31.1 Å². The molecule has 1 fully saturated rings. The van der Waals surface area contributed by atoms with Crippen LogP contribution in [0.2, 0.25) is 0 Å². The van der Waals surface area contributed by atoms with Crippen molar-refractivity contribution in [3.8, 4) is 0 Å². The molecule has 0 saturated heterocycles. The zero-order valence-corrected chi connectivity index (χ0v) is 9.72. The molecule has 1 aliphatic carbocycles. The maximum atomic E-state index is 12.1. The van der Waals surface area contributed by atoms with Gasteiger partial charge in [-0.1, -0.05) is 13.8 Å². The Morgan fingerprint density at radius 1 is 1.25 bits per heavy atom. The van der Waals surface area contributed by atoms with Crippen LogP contribution in [0.5, 0.6) is 0 Å². The molecule has 0 bridgehead atoms. The van der Waals surface area contributed by atoms with Crippen molar-refractivity contribution in [3.63, 3.8) is 0 Å². The number of alkyl halides is 3. The number of hydrogen-bond acceptors (Lipinski definition) is 2. The summed E-state index contributed by atoms with van der Waals surface area (Å²) < 4.78 is 36.2. The molecule has 0 heterocycles. The predicted octanol–water partition coefficient (Wildman–Crippen LogP) is 2.32. The van der Waals surface area contributed by atoms with E-state index in [1.807, 2.05) is 0 Å². The summed E-state index contributed by atoms with van der Waals surface area (Å²) in [4.78, 5) is 0. The number of rotatable bonds is 3. The quantitative estimate of drug-likeness (QED) is 0.792. The Kier molecular flexibility index (Phi) is 4.62. The van der Waals surface area contributed by atoms with Gasteiger partial charge in [0.25, 0.3) is 0 Å². The van der Waals surface area contributed by atoms with Crippen LogP contribution in [0.1, 0.15) is 33.1 Å². The molecule has 0 spiro atoms. The van der Waals surface area contributed by atoms with E-state index in [0.29, 0.717) is 11.8 Å². The van der Waals surface area contributed by atoms with Crippen LogP contribution in [-0.2, 0) is 0 Å². The van der Waals surface area contributed by atoms with E-state index in [4.69, 9.17) is 5.11 Å². The molecular weight excluding hydrogens is 219 g/mol. The first-order valence-electron chi connectivity index (χ1n) is 5.79. The van der Waals surface area contributed by atoms with Gasteiger partial charge in [0.2, 0.25) is 0 Å². The first-order chi connectivity index (χ1) is 7.30. The van der Waals surface area contributed by atoms with Crippen molar-refractivity contribution in [2.75, 3.05) is 6.54 Å². The highest BCUT2D eigenvalue weighted by molar-refractivity contribution is 4.81. The van der Waals surface area contributed by atoms with Crippen LogP contribution in [0.25, 0.3) is 0 Å². The lowest BCUT2D eigenvalue weighted by molar-refractivity contribution is -0.202. The van der Waals surface area contributed by atoms with Gasteiger partial charge in [0.1, 0.15) is 0 Å². The minimum atomic E-state index is -4.51. The second kappa shape index (κ2) is 5.36. The monoisotopic (exact) mass is 239 g/mol. The summed E-state index contributed by atoms with van der Waals surface area (Å²) in [6.45, 7) is 3.90. The summed E-state index contributed by atoms with van der Waals surface area (Å²) in [5.74, 6) is 1.18. The van der Waals surface area contributed by atoms with Crippen LogP contribution in [0.3, 0.4) is 0 Å². The summed E-state index contributed by atoms with van der Waals surface area (Å²) >= 11 is 0. The highest BCUT2D eigenvalue weighted by atomic mass is 19.4. The van der Waals surface area contributed by atoms with E-state index in [9.17, 15) is 13.2 Å². The van der Waals surface area contributed by atoms with Crippen LogP contribution in [0.4, 0.5) is 13.2 Å². The lowest BCUT2D eigenvalue weighted by Gasteiger charge is -2.33. The smallest absolute Gasteiger partial charge is 0.382 e. The summed E-state index contributed by atoms with van der Waals surface area (Å²) in [5.41, 5.74) is 0. The molecule has 4 atom stereocenters. The Balaban J connectivity index is 2.29. The maximum absolute atomic E-state index is 12.1. The van der Waals surface area contributed by atoms with Crippen molar-refractivity contribution >= 4 is 0 Å². The number of nitrogens with one attached hydrogen (secondary N) is 1. The highest BCUT2D eigenvalue weighted by Gasteiger charge is 2.38. The Morgan fingerprint density at radius 3 is 2.38 bits per heavy atom. The third-order valence-electron chi connectivity index (χ3n) is 3.58. The van der Waals surface area contributed by atoms with Gasteiger partial charge in [-0.25, -0.2) is 0 Å². The molecule has 0 amide bonds. The number of halogens is 3. The van der Waals surface area contributed by atoms with Gasteiger partial charge < -0.3 is 10.4 Å². The van der Waals surface area contributed by atoms with Gasteiger partial charge in [0.15, 0.2) is 6.10 Å². The molecule has 0 aliphatic heterocycles. The van der Waals surface area contributed by atoms with Gasteiger partial charge in [-0.3, -0.25) is 0 Å². The number of hydrogen-bond donors (Lipinski definition) is 2. The molecule has 16 heavy (non-hydrogen) atoms.